The Morgan fingerprint density at radius 1 is 1.40 bits per heavy atom. The molecule has 2 N–H and O–H groups in total. The van der Waals surface area contributed by atoms with Gasteiger partial charge in [-0.25, -0.2) is 0 Å². The van der Waals surface area contributed by atoms with Crippen LogP contribution in [-0.2, 0) is 14.2 Å². The van der Waals surface area contributed by atoms with Crippen molar-refractivity contribution in [1.82, 2.24) is 0 Å². The summed E-state index contributed by atoms with van der Waals surface area (Å²) in [4.78, 5) is 8.80. The maximum absolute atomic E-state index is 5.99. The topological polar surface area (TPSA) is 78.4 Å². The molecule has 1 fully saturated rings. The number of alkyl halides is 1. The molecule has 0 bridgehead atoms. The van der Waals surface area contributed by atoms with Gasteiger partial charge in [0.25, 0.3) is 0 Å². The van der Waals surface area contributed by atoms with E-state index in [1.165, 1.54) is 0 Å². The van der Waals surface area contributed by atoms with Crippen molar-refractivity contribution in [3.63, 3.8) is 0 Å². The molecule has 2 aliphatic heterocycles. The molecule has 0 spiro atoms. The van der Waals surface area contributed by atoms with Crippen molar-refractivity contribution >= 4 is 57.0 Å². The van der Waals surface area contributed by atoms with E-state index in [4.69, 9.17) is 15.2 Å². The van der Waals surface area contributed by atoms with Gasteiger partial charge in [-0.3, -0.25) is 4.99 Å². The zero-order chi connectivity index (χ0) is 15.1. The van der Waals surface area contributed by atoms with Gasteiger partial charge in [0.15, 0.2) is 0 Å². The van der Waals surface area contributed by atoms with Crippen molar-refractivity contribution in [3.05, 3.63) is 10.7 Å². The fraction of sp³-hybridized carbons (Fsp3) is 0.636. The van der Waals surface area contributed by atoms with Gasteiger partial charge in [0.2, 0.25) is 0 Å². The van der Waals surface area contributed by atoms with Gasteiger partial charge in [0.05, 0.1) is 20.7 Å². The van der Waals surface area contributed by atoms with Gasteiger partial charge in [0, 0.05) is 10.7 Å². The predicted octanol–water partition coefficient (Wildman–Crippen LogP) is 2.36. The lowest BCUT2D eigenvalue weighted by atomic mass is 9.77. The SMILES string of the molecule is CC1(C)OB(C2=NC=C(Br)C(I)/C2=N\ON)OC1(C)C. The summed E-state index contributed by atoms with van der Waals surface area (Å²) >= 11 is 5.65. The monoisotopic (exact) mass is 455 g/mol. The third kappa shape index (κ3) is 2.83. The number of nitrogens with two attached hydrogens (primary N) is 1. The zero-order valence-corrected chi connectivity index (χ0v) is 15.4. The van der Waals surface area contributed by atoms with Crippen molar-refractivity contribution in [2.45, 2.75) is 42.8 Å². The van der Waals surface area contributed by atoms with E-state index >= 15 is 0 Å². The molecule has 2 aliphatic rings. The number of halogens is 2. The van der Waals surface area contributed by atoms with Crippen LogP contribution in [0.1, 0.15) is 27.7 Å². The van der Waals surface area contributed by atoms with Gasteiger partial charge in [0.1, 0.15) is 5.71 Å². The van der Waals surface area contributed by atoms with Crippen molar-refractivity contribution in [2.75, 3.05) is 0 Å². The Morgan fingerprint density at radius 2 is 1.95 bits per heavy atom. The van der Waals surface area contributed by atoms with Gasteiger partial charge < -0.3 is 14.2 Å². The normalized spacial score (nSPS) is 30.2. The minimum Gasteiger partial charge on any atom is -0.398 e. The highest BCUT2D eigenvalue weighted by Gasteiger charge is 2.54. The summed E-state index contributed by atoms with van der Waals surface area (Å²) in [5.74, 6) is 5.07. The van der Waals surface area contributed by atoms with E-state index in [2.05, 4.69) is 53.6 Å². The lowest BCUT2D eigenvalue weighted by molar-refractivity contribution is 0.00578. The molecule has 1 unspecified atom stereocenters. The van der Waals surface area contributed by atoms with Gasteiger partial charge in [-0.2, -0.15) is 0 Å². The highest BCUT2D eigenvalue weighted by molar-refractivity contribution is 14.1. The molecule has 0 aromatic rings. The Labute approximate surface area is 140 Å². The summed E-state index contributed by atoms with van der Waals surface area (Å²) < 4.78 is 12.8. The summed E-state index contributed by atoms with van der Waals surface area (Å²) in [5, 5.41) is 3.86. The van der Waals surface area contributed by atoms with Crippen LogP contribution in [0.5, 0.6) is 0 Å². The molecule has 0 aromatic heterocycles. The Balaban J connectivity index is 2.35. The number of hydrogen-bond donors (Lipinski definition) is 1. The van der Waals surface area contributed by atoms with Crippen LogP contribution in [-0.4, -0.2) is 33.6 Å². The van der Waals surface area contributed by atoms with Crippen molar-refractivity contribution in [1.29, 1.82) is 0 Å². The first-order valence-corrected chi connectivity index (χ1v) is 8.10. The maximum atomic E-state index is 5.99. The largest absolute Gasteiger partial charge is 0.516 e. The first-order valence-electron chi connectivity index (χ1n) is 6.07. The van der Waals surface area contributed by atoms with E-state index in [-0.39, 0.29) is 3.92 Å². The van der Waals surface area contributed by atoms with Crippen molar-refractivity contribution in [2.24, 2.45) is 16.0 Å². The van der Waals surface area contributed by atoms with Crippen LogP contribution in [0.2, 0.25) is 0 Å². The van der Waals surface area contributed by atoms with Crippen molar-refractivity contribution < 1.29 is 14.2 Å². The highest BCUT2D eigenvalue weighted by atomic mass is 127. The Hall–Kier alpha value is 0.0349. The summed E-state index contributed by atoms with van der Waals surface area (Å²) in [5.41, 5.74) is 0.292. The maximum Gasteiger partial charge on any atom is 0.516 e. The molecule has 110 valence electrons. The van der Waals surface area contributed by atoms with E-state index in [1.54, 1.807) is 6.20 Å². The minimum absolute atomic E-state index is 0.0531. The first-order chi connectivity index (χ1) is 9.19. The van der Waals surface area contributed by atoms with Crippen LogP contribution in [0.3, 0.4) is 0 Å². The lowest BCUT2D eigenvalue weighted by Gasteiger charge is -2.32. The number of aliphatic imine (C=N–C) groups is 1. The van der Waals surface area contributed by atoms with Gasteiger partial charge >= 0.3 is 7.12 Å². The zero-order valence-electron chi connectivity index (χ0n) is 11.7. The van der Waals surface area contributed by atoms with E-state index in [9.17, 15) is 0 Å². The lowest BCUT2D eigenvalue weighted by Crippen LogP contribution is -2.41. The molecule has 1 saturated heterocycles. The molecular formula is C11H16BBrIN3O3. The third-order valence-electron chi connectivity index (χ3n) is 3.70. The molecular weight excluding hydrogens is 440 g/mol. The van der Waals surface area contributed by atoms with E-state index < -0.39 is 18.3 Å². The summed E-state index contributed by atoms with van der Waals surface area (Å²) in [7, 11) is -0.594. The molecule has 1 atom stereocenters. The van der Waals surface area contributed by atoms with E-state index in [1.807, 2.05) is 27.7 Å². The van der Waals surface area contributed by atoms with Crippen LogP contribution < -0.4 is 5.90 Å². The molecule has 2 rings (SSSR count). The summed E-state index contributed by atoms with van der Waals surface area (Å²) in [6.07, 6.45) is 1.72. The van der Waals surface area contributed by atoms with Crippen LogP contribution in [0.4, 0.5) is 0 Å². The number of rotatable bonds is 2. The second-order valence-electron chi connectivity index (χ2n) is 5.56. The standard InChI is InChI=1S/C11H16BBrIN3O3/c1-10(2)11(3,4)19-12(18-10)9-8(17-20-15)7(14)6(13)5-16-9/h5,7H,15H2,1-4H3/b17-8+. The van der Waals surface area contributed by atoms with E-state index in [0.717, 1.165) is 4.48 Å². The van der Waals surface area contributed by atoms with Crippen LogP contribution in [0.15, 0.2) is 20.8 Å². The average Bonchev–Trinajstić information content (AvgIpc) is 2.55. The molecule has 9 heteroatoms. The molecule has 20 heavy (non-hydrogen) atoms. The van der Waals surface area contributed by atoms with Crippen molar-refractivity contribution in [3.8, 4) is 0 Å². The fourth-order valence-electron chi connectivity index (χ4n) is 1.81. The molecule has 0 aromatic carbocycles. The number of oxime groups is 1. The van der Waals surface area contributed by atoms with Gasteiger partial charge in [-0.15, -0.1) is 5.90 Å². The van der Waals surface area contributed by atoms with Gasteiger partial charge in [-0.05, 0) is 27.7 Å². The number of nitrogens with zero attached hydrogens (tertiary/aromatic N) is 2. The summed E-state index contributed by atoms with van der Waals surface area (Å²) in [6.45, 7) is 7.94. The summed E-state index contributed by atoms with van der Waals surface area (Å²) in [6, 6.07) is 0. The quantitative estimate of drug-likeness (QED) is 0.300. The predicted molar refractivity (Wildman–Crippen MR) is 91.0 cm³/mol. The molecule has 6 nitrogen and oxygen atoms in total. The van der Waals surface area contributed by atoms with Gasteiger partial charge in [-0.1, -0.05) is 43.7 Å². The number of hydrogen-bond acceptors (Lipinski definition) is 6. The smallest absolute Gasteiger partial charge is 0.398 e. The van der Waals surface area contributed by atoms with Crippen LogP contribution >= 0.6 is 38.5 Å². The molecule has 2 heterocycles. The Kier molecular flexibility index (Phi) is 4.65. The number of allylic oxidation sites excluding steroid dienone is 1. The molecule has 0 saturated carbocycles. The second kappa shape index (κ2) is 5.67. The minimum atomic E-state index is -0.594. The van der Waals surface area contributed by atoms with Crippen LogP contribution in [0.25, 0.3) is 0 Å². The van der Waals surface area contributed by atoms with Crippen LogP contribution in [0, 0.1) is 0 Å². The Bertz CT molecular complexity index is 491. The Morgan fingerprint density at radius 3 is 2.45 bits per heavy atom. The average molecular weight is 456 g/mol. The molecule has 0 amide bonds. The third-order valence-corrected chi connectivity index (χ3v) is 6.48. The van der Waals surface area contributed by atoms with E-state index in [0.29, 0.717) is 11.3 Å². The fourth-order valence-corrected chi connectivity index (χ4v) is 2.72. The molecule has 0 radical (unpaired) electrons. The highest BCUT2D eigenvalue weighted by Crippen LogP contribution is 2.38. The molecule has 0 aliphatic carbocycles. The first kappa shape index (κ1) is 16.4. The second-order valence-corrected chi connectivity index (χ2v) is 7.72.